The van der Waals surface area contributed by atoms with Gasteiger partial charge in [-0.1, -0.05) is 38.5 Å². The van der Waals surface area contributed by atoms with Gasteiger partial charge in [0.1, 0.15) is 11.6 Å². The van der Waals surface area contributed by atoms with Crippen molar-refractivity contribution in [3.8, 4) is 0 Å². The third-order valence-corrected chi connectivity index (χ3v) is 4.83. The van der Waals surface area contributed by atoms with Crippen molar-refractivity contribution in [2.75, 3.05) is 0 Å². The highest BCUT2D eigenvalue weighted by molar-refractivity contribution is 9.10. The average molecular weight is 346 g/mol. The van der Waals surface area contributed by atoms with Gasteiger partial charge in [0.15, 0.2) is 0 Å². The van der Waals surface area contributed by atoms with Crippen LogP contribution in [0, 0.1) is 17.6 Å². The Morgan fingerprint density at radius 2 is 1.80 bits per heavy atom. The van der Waals surface area contributed by atoms with E-state index in [1.807, 2.05) is 0 Å². The van der Waals surface area contributed by atoms with Gasteiger partial charge in [0.2, 0.25) is 0 Å². The summed E-state index contributed by atoms with van der Waals surface area (Å²) in [5.41, 5.74) is 6.24. The second-order valence-electron chi connectivity index (χ2n) is 5.88. The third-order valence-electron chi connectivity index (χ3n) is 4.22. The first-order valence-corrected chi connectivity index (χ1v) is 8.25. The monoisotopic (exact) mass is 345 g/mol. The molecule has 0 aromatic heterocycles. The molecule has 0 aliphatic heterocycles. The number of nitrogens with two attached hydrogens (primary N) is 1. The molecule has 1 unspecified atom stereocenters. The summed E-state index contributed by atoms with van der Waals surface area (Å²) in [6.45, 7) is 0. The summed E-state index contributed by atoms with van der Waals surface area (Å²) in [4.78, 5) is 0. The Morgan fingerprint density at radius 3 is 2.45 bits per heavy atom. The molecule has 0 heterocycles. The van der Waals surface area contributed by atoms with E-state index in [1.165, 1.54) is 50.7 Å². The maximum absolute atomic E-state index is 13.9. The molecular weight excluding hydrogens is 324 g/mol. The zero-order valence-corrected chi connectivity index (χ0v) is 13.3. The van der Waals surface area contributed by atoms with Gasteiger partial charge in [-0.25, -0.2) is 8.78 Å². The Balaban J connectivity index is 1.97. The molecule has 1 atom stereocenters. The summed E-state index contributed by atoms with van der Waals surface area (Å²) in [6.07, 6.45) is 8.68. The predicted octanol–water partition coefficient (Wildman–Crippen LogP) is 4.96. The van der Waals surface area contributed by atoms with E-state index in [4.69, 9.17) is 5.73 Å². The van der Waals surface area contributed by atoms with Gasteiger partial charge in [-0.05, 0) is 46.8 Å². The quantitative estimate of drug-likeness (QED) is 0.605. The van der Waals surface area contributed by atoms with Gasteiger partial charge in [0.25, 0.3) is 0 Å². The molecule has 0 radical (unpaired) electrons. The lowest BCUT2D eigenvalue weighted by molar-refractivity contribution is 0.382. The summed E-state index contributed by atoms with van der Waals surface area (Å²) in [5, 5.41) is 0. The highest BCUT2D eigenvalue weighted by atomic mass is 79.9. The molecule has 1 aromatic rings. The van der Waals surface area contributed by atoms with Crippen LogP contribution in [0.15, 0.2) is 16.6 Å². The van der Waals surface area contributed by atoms with Crippen molar-refractivity contribution in [1.29, 1.82) is 0 Å². The first-order valence-electron chi connectivity index (χ1n) is 7.46. The van der Waals surface area contributed by atoms with Crippen LogP contribution < -0.4 is 5.73 Å². The maximum Gasteiger partial charge on any atom is 0.143 e. The Kier molecular flexibility index (Phi) is 5.97. The molecule has 1 nitrogen and oxygen atoms in total. The van der Waals surface area contributed by atoms with Crippen LogP contribution in [0.3, 0.4) is 0 Å². The van der Waals surface area contributed by atoms with Crippen LogP contribution in [-0.4, -0.2) is 6.04 Å². The van der Waals surface area contributed by atoms with E-state index in [0.717, 1.165) is 6.42 Å². The molecule has 4 heteroatoms. The minimum atomic E-state index is -0.513. The standard InChI is InChI=1S/C16H22BrF2N/c17-14-7-8-15(18)13(16(14)19)10-12(20)9-11-5-3-1-2-4-6-11/h7-8,11-12H,1-6,9-10,20H2. The van der Waals surface area contributed by atoms with Gasteiger partial charge in [0.05, 0.1) is 4.47 Å². The number of hydrogen-bond acceptors (Lipinski definition) is 1. The Bertz CT molecular complexity index is 442. The van der Waals surface area contributed by atoms with Crippen molar-refractivity contribution in [3.05, 3.63) is 33.8 Å². The lowest BCUT2D eigenvalue weighted by Gasteiger charge is -2.20. The summed E-state index contributed by atoms with van der Waals surface area (Å²) in [5.74, 6) is -0.394. The van der Waals surface area contributed by atoms with Crippen molar-refractivity contribution >= 4 is 15.9 Å². The van der Waals surface area contributed by atoms with Gasteiger partial charge in [0, 0.05) is 11.6 Å². The Hall–Kier alpha value is -0.480. The van der Waals surface area contributed by atoms with Gasteiger partial charge in [-0.2, -0.15) is 0 Å². The molecule has 1 saturated carbocycles. The highest BCUT2D eigenvalue weighted by Gasteiger charge is 2.19. The molecule has 1 aromatic carbocycles. The first kappa shape index (κ1) is 15.9. The summed E-state index contributed by atoms with van der Waals surface area (Å²) >= 11 is 3.10. The van der Waals surface area contributed by atoms with Crippen LogP contribution in [-0.2, 0) is 6.42 Å². The molecule has 0 bridgehead atoms. The van der Waals surface area contributed by atoms with Crippen molar-refractivity contribution in [2.24, 2.45) is 11.7 Å². The van der Waals surface area contributed by atoms with E-state index in [9.17, 15) is 8.78 Å². The van der Waals surface area contributed by atoms with Crippen molar-refractivity contribution in [3.63, 3.8) is 0 Å². The molecule has 0 saturated heterocycles. The van der Waals surface area contributed by atoms with Crippen molar-refractivity contribution in [1.82, 2.24) is 0 Å². The molecule has 0 spiro atoms. The fraction of sp³-hybridized carbons (Fsp3) is 0.625. The molecule has 112 valence electrons. The number of benzene rings is 1. The summed E-state index contributed by atoms with van der Waals surface area (Å²) < 4.78 is 27.9. The molecule has 20 heavy (non-hydrogen) atoms. The van der Waals surface area contributed by atoms with Crippen LogP contribution in [0.25, 0.3) is 0 Å². The number of hydrogen-bond donors (Lipinski definition) is 1. The topological polar surface area (TPSA) is 26.0 Å². The zero-order valence-electron chi connectivity index (χ0n) is 11.7. The van der Waals surface area contributed by atoms with E-state index in [1.54, 1.807) is 0 Å². The maximum atomic E-state index is 13.9. The predicted molar refractivity (Wildman–Crippen MR) is 81.5 cm³/mol. The van der Waals surface area contributed by atoms with E-state index < -0.39 is 11.6 Å². The fourth-order valence-electron chi connectivity index (χ4n) is 3.13. The largest absolute Gasteiger partial charge is 0.327 e. The second-order valence-corrected chi connectivity index (χ2v) is 6.73. The Labute approximate surface area is 128 Å². The normalized spacial score (nSPS) is 18.8. The number of halogens is 3. The molecule has 1 aliphatic carbocycles. The van der Waals surface area contributed by atoms with E-state index in [2.05, 4.69) is 15.9 Å². The van der Waals surface area contributed by atoms with E-state index in [0.29, 0.717) is 10.4 Å². The summed E-state index contributed by atoms with van der Waals surface area (Å²) in [7, 11) is 0. The smallest absolute Gasteiger partial charge is 0.143 e. The van der Waals surface area contributed by atoms with Crippen LogP contribution in [0.2, 0.25) is 0 Å². The third kappa shape index (κ3) is 4.26. The van der Waals surface area contributed by atoms with Gasteiger partial charge >= 0.3 is 0 Å². The van der Waals surface area contributed by atoms with Crippen LogP contribution in [0.4, 0.5) is 8.78 Å². The molecule has 2 N–H and O–H groups in total. The molecule has 1 fully saturated rings. The SMILES string of the molecule is NC(Cc1c(F)ccc(Br)c1F)CC1CCCCCC1. The van der Waals surface area contributed by atoms with Crippen molar-refractivity contribution in [2.45, 2.75) is 57.4 Å². The number of rotatable bonds is 4. The second kappa shape index (κ2) is 7.51. The van der Waals surface area contributed by atoms with Gasteiger partial charge < -0.3 is 5.73 Å². The van der Waals surface area contributed by atoms with E-state index in [-0.39, 0.29) is 18.0 Å². The van der Waals surface area contributed by atoms with Crippen LogP contribution in [0.1, 0.15) is 50.5 Å². The van der Waals surface area contributed by atoms with Gasteiger partial charge in [-0.15, -0.1) is 0 Å². The lowest BCUT2D eigenvalue weighted by Crippen LogP contribution is -2.27. The van der Waals surface area contributed by atoms with Gasteiger partial charge in [-0.3, -0.25) is 0 Å². The average Bonchev–Trinajstić information content (AvgIpc) is 2.68. The first-order chi connectivity index (χ1) is 9.58. The van der Waals surface area contributed by atoms with E-state index >= 15 is 0 Å². The lowest BCUT2D eigenvalue weighted by atomic mass is 9.90. The molecule has 2 rings (SSSR count). The highest BCUT2D eigenvalue weighted by Crippen LogP contribution is 2.28. The van der Waals surface area contributed by atoms with Crippen molar-refractivity contribution < 1.29 is 8.78 Å². The molecule has 0 amide bonds. The fourth-order valence-corrected chi connectivity index (χ4v) is 3.50. The zero-order chi connectivity index (χ0) is 14.5. The minimum Gasteiger partial charge on any atom is -0.327 e. The molecular formula is C16H22BrF2N. The van der Waals surface area contributed by atoms with Crippen LogP contribution >= 0.6 is 15.9 Å². The minimum absolute atomic E-state index is 0.112. The summed E-state index contributed by atoms with van der Waals surface area (Å²) in [6, 6.07) is 2.52. The van der Waals surface area contributed by atoms with Crippen LogP contribution in [0.5, 0.6) is 0 Å². The Morgan fingerprint density at radius 1 is 1.15 bits per heavy atom. The molecule has 1 aliphatic rings.